The van der Waals surface area contributed by atoms with Crippen LogP contribution in [0.15, 0.2) is 54.7 Å². The molecule has 1 atom stereocenters. The molecule has 40 heavy (non-hydrogen) atoms. The third-order valence-corrected chi connectivity index (χ3v) is 6.99. The van der Waals surface area contributed by atoms with E-state index in [4.69, 9.17) is 4.74 Å². The van der Waals surface area contributed by atoms with E-state index in [0.29, 0.717) is 23.8 Å². The monoisotopic (exact) mass is 540 g/mol. The van der Waals surface area contributed by atoms with Crippen LogP contribution < -0.4 is 10.6 Å². The quantitative estimate of drug-likeness (QED) is 0.323. The number of hydrogen-bond donors (Lipinski definition) is 2. The topological polar surface area (TPSA) is 103 Å². The highest BCUT2D eigenvalue weighted by Gasteiger charge is 2.17. The van der Waals surface area contributed by atoms with Crippen molar-refractivity contribution in [3.63, 3.8) is 0 Å². The van der Waals surface area contributed by atoms with E-state index in [9.17, 15) is 10.1 Å². The smallest absolute Gasteiger partial charge is 0.407 e. The van der Waals surface area contributed by atoms with E-state index in [1.807, 2.05) is 64.1 Å². The summed E-state index contributed by atoms with van der Waals surface area (Å²) in [4.78, 5) is 23.6. The van der Waals surface area contributed by atoms with Gasteiger partial charge in [-0.05, 0) is 82.3 Å². The molecular weight excluding hydrogens is 500 g/mol. The normalized spacial score (nSPS) is 14.7. The fourth-order valence-electron chi connectivity index (χ4n) is 4.74. The zero-order valence-corrected chi connectivity index (χ0v) is 24.0. The Labute approximate surface area is 237 Å². The summed E-state index contributed by atoms with van der Waals surface area (Å²) >= 11 is 0. The van der Waals surface area contributed by atoms with Crippen LogP contribution in [0.2, 0.25) is 0 Å². The second kappa shape index (κ2) is 13.4. The first kappa shape index (κ1) is 29.0. The number of nitrogens with one attached hydrogen (secondary N) is 2. The number of nitrogens with zero attached hydrogens (tertiary/aromatic N) is 4. The summed E-state index contributed by atoms with van der Waals surface area (Å²) in [6, 6.07) is 18.5. The van der Waals surface area contributed by atoms with Gasteiger partial charge in [-0.3, -0.25) is 0 Å². The second-order valence-electron chi connectivity index (χ2n) is 11.4. The highest BCUT2D eigenvalue weighted by molar-refractivity contribution is 5.69. The Morgan fingerprint density at radius 3 is 2.42 bits per heavy atom. The lowest BCUT2D eigenvalue weighted by Crippen LogP contribution is -2.34. The van der Waals surface area contributed by atoms with Gasteiger partial charge >= 0.3 is 6.09 Å². The van der Waals surface area contributed by atoms with E-state index in [2.05, 4.69) is 43.7 Å². The Morgan fingerprint density at radius 1 is 1.07 bits per heavy atom. The van der Waals surface area contributed by atoms with E-state index in [0.717, 1.165) is 29.8 Å². The Balaban J connectivity index is 1.38. The largest absolute Gasteiger partial charge is 0.444 e. The Hall–Kier alpha value is -3.96. The molecule has 1 saturated heterocycles. The van der Waals surface area contributed by atoms with Crippen LogP contribution in [0.5, 0.6) is 0 Å². The minimum atomic E-state index is -0.533. The molecule has 1 amide bonds. The van der Waals surface area contributed by atoms with Crippen molar-refractivity contribution in [3.05, 3.63) is 71.4 Å². The molecule has 0 spiro atoms. The summed E-state index contributed by atoms with van der Waals surface area (Å²) in [6.07, 6.45) is 6.15. The fourth-order valence-corrected chi connectivity index (χ4v) is 4.74. The number of carbonyl (C=O) groups excluding carboxylic acids is 1. The molecule has 1 aliphatic heterocycles. The number of aromatic nitrogens is 2. The third kappa shape index (κ3) is 8.52. The van der Waals surface area contributed by atoms with Crippen LogP contribution in [0.1, 0.15) is 69.6 Å². The molecule has 0 aliphatic carbocycles. The maximum Gasteiger partial charge on any atom is 0.407 e. The molecule has 2 aromatic carbocycles. The molecule has 1 aromatic heterocycles. The molecule has 0 radical (unpaired) electrons. The molecule has 1 fully saturated rings. The van der Waals surface area contributed by atoms with Crippen LogP contribution >= 0.6 is 0 Å². The SMILES string of the molecule is CC(CNC(=O)OC(C)(C)C)c1ccc(-c2nc(Nc3ccc(CCN4CCCCC4)cc3)ncc2C#N)cc1. The molecule has 1 aliphatic rings. The van der Waals surface area contributed by atoms with E-state index in [1.54, 1.807) is 6.20 Å². The van der Waals surface area contributed by atoms with Gasteiger partial charge in [0.25, 0.3) is 0 Å². The number of alkyl carbamates (subject to hydrolysis) is 1. The van der Waals surface area contributed by atoms with Gasteiger partial charge in [0.15, 0.2) is 0 Å². The lowest BCUT2D eigenvalue weighted by molar-refractivity contribution is 0.0525. The second-order valence-corrected chi connectivity index (χ2v) is 11.4. The molecule has 210 valence electrons. The van der Waals surface area contributed by atoms with Crippen LogP contribution in [0.3, 0.4) is 0 Å². The number of amides is 1. The summed E-state index contributed by atoms with van der Waals surface area (Å²) < 4.78 is 5.32. The molecule has 0 saturated carbocycles. The predicted molar refractivity (Wildman–Crippen MR) is 159 cm³/mol. The van der Waals surface area contributed by atoms with Gasteiger partial charge < -0.3 is 20.3 Å². The van der Waals surface area contributed by atoms with Crippen molar-refractivity contribution < 1.29 is 9.53 Å². The molecule has 8 nitrogen and oxygen atoms in total. The first-order chi connectivity index (χ1) is 19.2. The van der Waals surface area contributed by atoms with Crippen molar-refractivity contribution in [1.29, 1.82) is 5.26 Å². The number of nitriles is 1. The number of hydrogen-bond acceptors (Lipinski definition) is 7. The summed E-state index contributed by atoms with van der Waals surface area (Å²) in [5.41, 5.74) is 4.55. The van der Waals surface area contributed by atoms with Gasteiger partial charge in [0.1, 0.15) is 11.7 Å². The number of rotatable bonds is 9. The number of ether oxygens (including phenoxy) is 1. The van der Waals surface area contributed by atoms with Gasteiger partial charge in [0.2, 0.25) is 5.95 Å². The summed E-state index contributed by atoms with van der Waals surface area (Å²) in [5.74, 6) is 0.525. The maximum absolute atomic E-state index is 12.0. The molecule has 8 heteroatoms. The number of piperidine rings is 1. The molecule has 2 heterocycles. The Morgan fingerprint density at radius 2 is 1.77 bits per heavy atom. The van der Waals surface area contributed by atoms with Crippen LogP contribution in [0.25, 0.3) is 11.3 Å². The van der Waals surface area contributed by atoms with Gasteiger partial charge in [0.05, 0.1) is 17.5 Å². The zero-order chi connectivity index (χ0) is 28.5. The number of likely N-dealkylation sites (tertiary alicyclic amines) is 1. The molecule has 1 unspecified atom stereocenters. The molecule has 2 N–H and O–H groups in total. The molecule has 3 aromatic rings. The van der Waals surface area contributed by atoms with Crippen LogP contribution in [-0.2, 0) is 11.2 Å². The van der Waals surface area contributed by atoms with Crippen molar-refractivity contribution in [2.24, 2.45) is 0 Å². The molecule has 0 bridgehead atoms. The number of anilines is 2. The minimum absolute atomic E-state index is 0.0856. The van der Waals surface area contributed by atoms with Gasteiger partial charge in [-0.15, -0.1) is 0 Å². The van der Waals surface area contributed by atoms with Crippen molar-refractivity contribution in [2.45, 2.75) is 64.9 Å². The predicted octanol–water partition coefficient (Wildman–Crippen LogP) is 6.42. The third-order valence-electron chi connectivity index (χ3n) is 6.99. The first-order valence-electron chi connectivity index (χ1n) is 14.1. The van der Waals surface area contributed by atoms with Gasteiger partial charge in [-0.2, -0.15) is 5.26 Å². The standard InChI is InChI=1S/C32H40N6O2/c1-23(21-35-31(39)40-32(2,3)4)25-10-12-26(13-11-25)29-27(20-33)22-34-30(37-29)36-28-14-8-24(9-15-28)16-19-38-17-6-5-7-18-38/h8-15,22-23H,5-7,16-19,21H2,1-4H3,(H,35,39)(H,34,36,37). The first-order valence-corrected chi connectivity index (χ1v) is 14.1. The van der Waals surface area contributed by atoms with Crippen molar-refractivity contribution in [2.75, 3.05) is 31.5 Å². The van der Waals surface area contributed by atoms with E-state index < -0.39 is 11.7 Å². The van der Waals surface area contributed by atoms with Crippen LogP contribution in [-0.4, -0.2) is 52.7 Å². The van der Waals surface area contributed by atoms with Gasteiger partial charge in [0, 0.05) is 24.3 Å². The fraction of sp³-hybridized carbons (Fsp3) is 0.438. The van der Waals surface area contributed by atoms with Crippen molar-refractivity contribution in [1.82, 2.24) is 20.2 Å². The van der Waals surface area contributed by atoms with Crippen LogP contribution in [0, 0.1) is 11.3 Å². The van der Waals surface area contributed by atoms with Gasteiger partial charge in [-0.1, -0.05) is 49.7 Å². The maximum atomic E-state index is 12.0. The minimum Gasteiger partial charge on any atom is -0.444 e. The zero-order valence-electron chi connectivity index (χ0n) is 24.0. The molecule has 4 rings (SSSR count). The van der Waals surface area contributed by atoms with E-state index in [-0.39, 0.29) is 5.92 Å². The van der Waals surface area contributed by atoms with E-state index >= 15 is 0 Å². The average molecular weight is 541 g/mol. The highest BCUT2D eigenvalue weighted by Crippen LogP contribution is 2.26. The molecular formula is C32H40N6O2. The Kier molecular flexibility index (Phi) is 9.73. The Bertz CT molecular complexity index is 1300. The van der Waals surface area contributed by atoms with Gasteiger partial charge in [-0.25, -0.2) is 14.8 Å². The lowest BCUT2D eigenvalue weighted by atomic mass is 9.98. The highest BCUT2D eigenvalue weighted by atomic mass is 16.6. The number of benzene rings is 2. The summed E-state index contributed by atoms with van der Waals surface area (Å²) in [6.45, 7) is 11.5. The number of carbonyl (C=O) groups is 1. The average Bonchev–Trinajstić information content (AvgIpc) is 2.95. The lowest BCUT2D eigenvalue weighted by Gasteiger charge is -2.26. The van der Waals surface area contributed by atoms with Crippen molar-refractivity contribution in [3.8, 4) is 17.3 Å². The van der Waals surface area contributed by atoms with E-state index in [1.165, 1.54) is 37.9 Å². The van der Waals surface area contributed by atoms with Crippen LogP contribution in [0.4, 0.5) is 16.4 Å². The summed E-state index contributed by atoms with van der Waals surface area (Å²) in [5, 5.41) is 15.8. The van der Waals surface area contributed by atoms with Crippen molar-refractivity contribution >= 4 is 17.7 Å². The summed E-state index contributed by atoms with van der Waals surface area (Å²) in [7, 11) is 0.